The third-order valence-electron chi connectivity index (χ3n) is 6.22. The lowest BCUT2D eigenvalue weighted by Crippen LogP contribution is -2.23. The number of hydrogen-bond acceptors (Lipinski definition) is 6. The second-order valence-electron chi connectivity index (χ2n) is 9.52. The molecule has 0 saturated carbocycles. The minimum atomic E-state index is -4.58. The molecule has 0 aliphatic heterocycles. The van der Waals surface area contributed by atoms with Gasteiger partial charge in [0.1, 0.15) is 6.42 Å². The van der Waals surface area contributed by atoms with E-state index in [2.05, 4.69) is 22.2 Å². The molecule has 1 amide bonds. The Hall–Kier alpha value is -3.24. The Morgan fingerprint density at radius 1 is 0.872 bits per heavy atom. The minimum absolute atomic E-state index is 0.148. The van der Waals surface area contributed by atoms with Crippen LogP contribution in [0.2, 0.25) is 0 Å². The Kier molecular flexibility index (Phi) is 14.2. The van der Waals surface area contributed by atoms with E-state index in [9.17, 15) is 22.6 Å². The number of hydrogen-bond donors (Lipinski definition) is 2. The van der Waals surface area contributed by atoms with Crippen molar-refractivity contribution in [1.29, 1.82) is 0 Å². The molecule has 0 atom stereocenters. The van der Waals surface area contributed by atoms with Crippen LogP contribution in [0, 0.1) is 0 Å². The molecular weight excluding hydrogens is 518 g/mol. The number of imidazole rings is 1. The zero-order valence-corrected chi connectivity index (χ0v) is 23.5. The zero-order valence-electron chi connectivity index (χ0n) is 22.7. The molecule has 0 aliphatic rings. The fourth-order valence-electron chi connectivity index (χ4n) is 4.12. The number of aromatic amines is 1. The summed E-state index contributed by atoms with van der Waals surface area (Å²) < 4.78 is 33.0. The van der Waals surface area contributed by atoms with Crippen LogP contribution in [0.4, 0.5) is 0 Å². The summed E-state index contributed by atoms with van der Waals surface area (Å²) in [5.74, 6) is -0.344. The zero-order chi connectivity index (χ0) is 28.5. The number of carbonyl (C=O) groups is 2. The highest BCUT2D eigenvalue weighted by atomic mass is 32.2. The van der Waals surface area contributed by atoms with Crippen molar-refractivity contribution in [3.05, 3.63) is 48.5 Å². The fraction of sp³-hybridized carbons (Fsp3) is 0.483. The van der Waals surface area contributed by atoms with Gasteiger partial charge in [0.2, 0.25) is 11.1 Å². The first-order valence-electron chi connectivity index (χ1n) is 13.7. The first-order chi connectivity index (χ1) is 18.7. The molecule has 9 nitrogen and oxygen atoms in total. The van der Waals surface area contributed by atoms with Gasteiger partial charge in [-0.05, 0) is 30.9 Å². The Balaban J connectivity index is 0.000000273. The summed E-state index contributed by atoms with van der Waals surface area (Å²) in [5.41, 5.74) is 2.69. The van der Waals surface area contributed by atoms with E-state index < -0.39 is 21.2 Å². The first kappa shape index (κ1) is 32.0. The molecule has 1 heterocycles. The number of para-hydroxylation sites is 1. The van der Waals surface area contributed by atoms with E-state index in [4.69, 9.17) is 5.11 Å². The molecule has 0 spiro atoms. The average Bonchev–Trinajstić information content (AvgIpc) is 3.36. The number of nitrogens with zero attached hydrogens (tertiary/aromatic N) is 1. The Bertz CT molecular complexity index is 1260. The lowest BCUT2D eigenvalue weighted by atomic mass is 10.0. The second kappa shape index (κ2) is 17.4. The topological polar surface area (TPSA) is 155 Å². The van der Waals surface area contributed by atoms with Crippen molar-refractivity contribution in [3.63, 3.8) is 0 Å². The summed E-state index contributed by atoms with van der Waals surface area (Å²) in [6.45, 7) is 2.91. The van der Waals surface area contributed by atoms with Gasteiger partial charge >= 0.3 is 5.97 Å². The monoisotopic (exact) mass is 559 g/mol. The van der Waals surface area contributed by atoms with Crippen LogP contribution in [0.1, 0.15) is 84.0 Å². The van der Waals surface area contributed by atoms with Crippen LogP contribution in [-0.4, -0.2) is 46.5 Å². The van der Waals surface area contributed by atoms with Crippen molar-refractivity contribution in [3.8, 4) is 11.1 Å². The van der Waals surface area contributed by atoms with Gasteiger partial charge in [0.15, 0.2) is 10.1 Å². The van der Waals surface area contributed by atoms with Crippen LogP contribution in [0.15, 0.2) is 53.7 Å². The van der Waals surface area contributed by atoms with E-state index in [1.165, 1.54) is 32.1 Å². The summed E-state index contributed by atoms with van der Waals surface area (Å²) >= 11 is 0. The van der Waals surface area contributed by atoms with Crippen LogP contribution in [-0.2, 0) is 19.7 Å². The molecule has 214 valence electrons. The SMILES string of the molecule is CCCCCCCCCC(=O)NCCCCCC(=O)[OH2+].O=S(=O)([O-])c1nc2c(-c3ccccc3)cccc2[nH]1. The standard InChI is InChI=1S/C16H31NO3.C13H10N2O3S/c1-2-3-4-5-6-7-9-12-15(18)17-14-11-8-10-13-16(19)20;16-19(17,18)13-14-11-8-4-7-10(12(11)15-13)9-5-2-1-3-6-9/h2-14H2,1H3,(H,17,18)(H,19,20);1-8H,(H,14,15)(H,16,17,18). The molecule has 1 aromatic heterocycles. The first-order valence-corrected chi connectivity index (χ1v) is 15.1. The highest BCUT2D eigenvalue weighted by molar-refractivity contribution is 7.85. The van der Waals surface area contributed by atoms with Crippen molar-refractivity contribution in [2.75, 3.05) is 6.54 Å². The molecule has 0 saturated heterocycles. The van der Waals surface area contributed by atoms with Crippen molar-refractivity contribution >= 4 is 33.0 Å². The summed E-state index contributed by atoms with van der Waals surface area (Å²) in [5, 5.41) is 9.13. The summed E-state index contributed by atoms with van der Waals surface area (Å²) in [4.78, 5) is 28.4. The van der Waals surface area contributed by atoms with Crippen molar-refractivity contribution in [1.82, 2.24) is 15.3 Å². The minimum Gasteiger partial charge on any atom is -0.742 e. The number of rotatable bonds is 16. The van der Waals surface area contributed by atoms with Crippen LogP contribution < -0.4 is 5.32 Å². The summed E-state index contributed by atoms with van der Waals surface area (Å²) in [6.07, 6.45) is 12.2. The Morgan fingerprint density at radius 2 is 1.51 bits per heavy atom. The van der Waals surface area contributed by atoms with Crippen molar-refractivity contribution < 1.29 is 27.7 Å². The number of nitrogens with one attached hydrogen (secondary N) is 2. The van der Waals surface area contributed by atoms with Crippen LogP contribution in [0.3, 0.4) is 0 Å². The molecule has 10 heteroatoms. The third kappa shape index (κ3) is 12.4. The van der Waals surface area contributed by atoms with Gasteiger partial charge in [-0.1, -0.05) is 94.3 Å². The third-order valence-corrected chi connectivity index (χ3v) is 6.89. The lowest BCUT2D eigenvalue weighted by molar-refractivity contribution is -0.137. The van der Waals surface area contributed by atoms with Gasteiger partial charge in [-0.3, -0.25) is 4.79 Å². The maximum Gasteiger partial charge on any atom is 0.515 e. The number of fused-ring (bicyclic) bond motifs is 1. The average molecular weight is 560 g/mol. The normalized spacial score (nSPS) is 11.1. The van der Waals surface area contributed by atoms with Crippen molar-refractivity contribution in [2.24, 2.45) is 0 Å². The Labute approximate surface area is 231 Å². The van der Waals surface area contributed by atoms with E-state index in [-0.39, 0.29) is 5.91 Å². The van der Waals surface area contributed by atoms with Gasteiger partial charge in [0, 0.05) is 23.3 Å². The van der Waals surface area contributed by atoms with E-state index in [1.54, 1.807) is 12.1 Å². The quantitative estimate of drug-likeness (QED) is 0.140. The van der Waals surface area contributed by atoms with E-state index in [1.807, 2.05) is 36.4 Å². The maximum absolute atomic E-state index is 11.5. The molecule has 0 radical (unpaired) electrons. The molecule has 3 aromatic rings. The molecule has 0 aliphatic carbocycles. The van der Waals surface area contributed by atoms with Crippen LogP contribution in [0.5, 0.6) is 0 Å². The smallest absolute Gasteiger partial charge is 0.515 e. The van der Waals surface area contributed by atoms with E-state index in [0.29, 0.717) is 30.4 Å². The lowest BCUT2D eigenvalue weighted by Gasteiger charge is -2.05. The van der Waals surface area contributed by atoms with Gasteiger partial charge in [-0.25, -0.2) is 13.4 Å². The number of H-pyrrole nitrogens is 1. The fourth-order valence-corrected chi connectivity index (χ4v) is 4.56. The maximum atomic E-state index is 11.5. The number of carbonyl (C=O) groups excluding carboxylic acids is 2. The Morgan fingerprint density at radius 3 is 2.18 bits per heavy atom. The van der Waals surface area contributed by atoms with Crippen LogP contribution in [0.25, 0.3) is 22.2 Å². The second-order valence-corrected chi connectivity index (χ2v) is 10.8. The van der Waals surface area contributed by atoms with E-state index in [0.717, 1.165) is 43.2 Å². The van der Waals surface area contributed by atoms with Crippen LogP contribution >= 0.6 is 0 Å². The highest BCUT2D eigenvalue weighted by Gasteiger charge is 2.12. The van der Waals surface area contributed by atoms with Gasteiger partial charge in [-0.2, -0.15) is 0 Å². The summed E-state index contributed by atoms with van der Waals surface area (Å²) in [6, 6.07) is 14.7. The van der Waals surface area contributed by atoms with Gasteiger partial charge in [-0.15, -0.1) is 0 Å². The highest BCUT2D eigenvalue weighted by Crippen LogP contribution is 2.27. The molecule has 2 aromatic carbocycles. The van der Waals surface area contributed by atoms with Gasteiger partial charge in [0.25, 0.3) is 0 Å². The number of amides is 1. The molecule has 39 heavy (non-hydrogen) atoms. The molecule has 3 rings (SSSR count). The largest absolute Gasteiger partial charge is 0.742 e. The number of unbranched alkanes of at least 4 members (excludes halogenated alkanes) is 8. The number of aromatic nitrogens is 2. The molecule has 4 N–H and O–H groups in total. The molecule has 0 fully saturated rings. The van der Waals surface area contributed by atoms with Gasteiger partial charge in [0.05, 0.1) is 11.0 Å². The van der Waals surface area contributed by atoms with Crippen molar-refractivity contribution in [2.45, 2.75) is 89.1 Å². The molecule has 0 unspecified atom stereocenters. The molecule has 0 bridgehead atoms. The predicted octanol–water partition coefficient (Wildman–Crippen LogP) is 5.19. The number of benzene rings is 2. The predicted molar refractivity (Wildman–Crippen MR) is 152 cm³/mol. The summed E-state index contributed by atoms with van der Waals surface area (Å²) in [7, 11) is -4.58. The molecular formula is C29H41N3O6S. The van der Waals surface area contributed by atoms with Gasteiger partial charge < -0.3 is 20.0 Å². The van der Waals surface area contributed by atoms with E-state index >= 15 is 0 Å².